The first-order chi connectivity index (χ1) is 16.2. The number of ether oxygens (including phenoxy) is 2. The summed E-state index contributed by atoms with van der Waals surface area (Å²) in [5.74, 6) is -1.53. The minimum absolute atomic E-state index is 0.0482. The Kier molecular flexibility index (Phi) is 7.36. The fourth-order valence-corrected chi connectivity index (χ4v) is 4.85. The van der Waals surface area contributed by atoms with E-state index in [2.05, 4.69) is 17.3 Å². The minimum atomic E-state index is -2.63. The fourth-order valence-electron chi connectivity index (χ4n) is 4.53. The third-order valence-electron chi connectivity index (χ3n) is 6.93. The molecule has 186 valence electrons. The Bertz CT molecular complexity index is 1030. The molecule has 0 bridgehead atoms. The summed E-state index contributed by atoms with van der Waals surface area (Å²) in [7, 11) is 1.51. The molecule has 1 atom stereocenters. The number of amides is 1. The molecule has 4 rings (SSSR count). The molecule has 1 aromatic carbocycles. The molecular formula is C25H32ClF2N3O3. The van der Waals surface area contributed by atoms with Crippen molar-refractivity contribution in [1.82, 2.24) is 15.1 Å². The van der Waals surface area contributed by atoms with Gasteiger partial charge in [-0.1, -0.05) is 31.4 Å². The molecule has 1 N–H and O–H groups in total. The van der Waals surface area contributed by atoms with E-state index in [0.29, 0.717) is 41.8 Å². The molecule has 9 heteroatoms. The molecule has 1 aromatic heterocycles. The number of aryl methyl sites for hydroxylation is 1. The van der Waals surface area contributed by atoms with Gasteiger partial charge < -0.3 is 14.8 Å². The fraction of sp³-hybridized carbons (Fsp3) is 0.600. The lowest BCUT2D eigenvalue weighted by atomic mass is 9.83. The molecule has 0 unspecified atom stereocenters. The largest absolute Gasteiger partial charge is 0.496 e. The second kappa shape index (κ2) is 10.1. The first-order valence-corrected chi connectivity index (χ1v) is 12.3. The average molecular weight is 496 g/mol. The second-order valence-electron chi connectivity index (χ2n) is 9.50. The molecule has 34 heavy (non-hydrogen) atoms. The Labute approximate surface area is 203 Å². The van der Waals surface area contributed by atoms with Gasteiger partial charge in [-0.15, -0.1) is 0 Å². The number of methoxy groups -OCH3 is 1. The summed E-state index contributed by atoms with van der Waals surface area (Å²) in [5, 5.41) is 7.72. The molecule has 0 radical (unpaired) electrons. The summed E-state index contributed by atoms with van der Waals surface area (Å²) in [6.07, 6.45) is 4.48. The highest BCUT2D eigenvalue weighted by Crippen LogP contribution is 2.48. The van der Waals surface area contributed by atoms with Crippen LogP contribution in [0.2, 0.25) is 5.02 Å². The van der Waals surface area contributed by atoms with E-state index in [1.807, 2.05) is 6.92 Å². The number of benzene rings is 1. The van der Waals surface area contributed by atoms with Crippen molar-refractivity contribution in [2.45, 2.75) is 58.4 Å². The number of nitrogens with zero attached hydrogens (tertiary/aromatic N) is 2. The topological polar surface area (TPSA) is 65.4 Å². The number of halogens is 3. The van der Waals surface area contributed by atoms with Crippen molar-refractivity contribution in [3.63, 3.8) is 0 Å². The minimum Gasteiger partial charge on any atom is -0.496 e. The first kappa shape index (κ1) is 24.8. The molecule has 0 spiro atoms. The van der Waals surface area contributed by atoms with E-state index in [0.717, 1.165) is 18.8 Å². The Morgan fingerprint density at radius 2 is 2.00 bits per heavy atom. The van der Waals surface area contributed by atoms with E-state index < -0.39 is 11.8 Å². The van der Waals surface area contributed by atoms with E-state index in [9.17, 15) is 13.6 Å². The van der Waals surface area contributed by atoms with Crippen molar-refractivity contribution in [3.8, 4) is 22.8 Å². The van der Waals surface area contributed by atoms with Crippen molar-refractivity contribution in [1.29, 1.82) is 0 Å². The lowest BCUT2D eigenvalue weighted by Gasteiger charge is -2.26. The SMILES string of the molecule is CCn1nc(C(=O)NCC2CCC(C)CC2)c(Cl)c1-c1ccc(OC[C@@H]2CC2(F)F)cc1OC. The molecular weight excluding hydrogens is 464 g/mol. The lowest BCUT2D eigenvalue weighted by molar-refractivity contribution is 0.0855. The van der Waals surface area contributed by atoms with Gasteiger partial charge in [0.25, 0.3) is 11.8 Å². The van der Waals surface area contributed by atoms with Crippen molar-refractivity contribution in [3.05, 3.63) is 28.9 Å². The van der Waals surface area contributed by atoms with Crippen LogP contribution in [0.1, 0.15) is 56.4 Å². The van der Waals surface area contributed by atoms with Gasteiger partial charge >= 0.3 is 0 Å². The number of rotatable bonds is 9. The third-order valence-corrected chi connectivity index (χ3v) is 7.29. The number of hydrogen-bond donors (Lipinski definition) is 1. The number of nitrogens with one attached hydrogen (secondary N) is 1. The van der Waals surface area contributed by atoms with Crippen molar-refractivity contribution in [2.24, 2.45) is 17.8 Å². The highest BCUT2D eigenvalue weighted by atomic mass is 35.5. The van der Waals surface area contributed by atoms with E-state index >= 15 is 0 Å². The molecule has 2 fully saturated rings. The van der Waals surface area contributed by atoms with Crippen LogP contribution in [0.15, 0.2) is 18.2 Å². The zero-order valence-electron chi connectivity index (χ0n) is 19.9. The van der Waals surface area contributed by atoms with Crippen molar-refractivity contribution < 1.29 is 23.0 Å². The standard InChI is InChI=1S/C25H32ClF2N3O3/c1-4-31-23(19-10-9-18(11-20(19)33-3)34-14-17-12-25(17,27)28)21(26)22(30-31)24(32)29-13-16-7-5-15(2)6-8-16/h9-11,15-17H,4-8,12-14H2,1-3H3,(H,29,32)/t15?,16?,17-/m0/s1. The molecule has 2 aliphatic carbocycles. The summed E-state index contributed by atoms with van der Waals surface area (Å²) in [5.41, 5.74) is 1.39. The summed E-state index contributed by atoms with van der Waals surface area (Å²) < 4.78 is 39.0. The maximum absolute atomic E-state index is 13.1. The van der Waals surface area contributed by atoms with E-state index in [-0.39, 0.29) is 29.7 Å². The molecule has 2 aromatic rings. The zero-order valence-corrected chi connectivity index (χ0v) is 20.6. The quantitative estimate of drug-likeness (QED) is 0.476. The van der Waals surface area contributed by atoms with Gasteiger partial charge in [0.2, 0.25) is 0 Å². The lowest BCUT2D eigenvalue weighted by Crippen LogP contribution is -2.31. The number of alkyl halides is 2. The number of carbonyl (C=O) groups is 1. The number of carbonyl (C=O) groups excluding carboxylic acids is 1. The molecule has 2 saturated carbocycles. The van der Waals surface area contributed by atoms with E-state index in [1.54, 1.807) is 22.9 Å². The van der Waals surface area contributed by atoms with Crippen molar-refractivity contribution >= 4 is 17.5 Å². The van der Waals surface area contributed by atoms with Gasteiger partial charge in [0.1, 0.15) is 11.5 Å². The maximum Gasteiger partial charge on any atom is 0.273 e. The van der Waals surface area contributed by atoms with Gasteiger partial charge in [-0.05, 0) is 43.7 Å². The Hall–Kier alpha value is -2.35. The van der Waals surface area contributed by atoms with E-state index in [4.69, 9.17) is 21.1 Å². The zero-order chi connectivity index (χ0) is 24.5. The number of aromatic nitrogens is 2. The van der Waals surface area contributed by atoms with Crippen LogP contribution in [-0.4, -0.2) is 41.9 Å². The highest BCUT2D eigenvalue weighted by molar-refractivity contribution is 6.36. The van der Waals surface area contributed by atoms with Crippen LogP contribution in [0.3, 0.4) is 0 Å². The van der Waals surface area contributed by atoms with E-state index in [1.165, 1.54) is 20.0 Å². The van der Waals surface area contributed by atoms with Crippen LogP contribution in [0.25, 0.3) is 11.3 Å². The molecule has 1 amide bonds. The Morgan fingerprint density at radius 3 is 2.62 bits per heavy atom. The second-order valence-corrected chi connectivity index (χ2v) is 9.88. The molecule has 0 saturated heterocycles. The summed E-state index contributed by atoms with van der Waals surface area (Å²) in [4.78, 5) is 12.9. The molecule has 1 heterocycles. The van der Waals surface area contributed by atoms with Gasteiger partial charge in [-0.3, -0.25) is 9.48 Å². The first-order valence-electron chi connectivity index (χ1n) is 12.0. The number of hydrogen-bond acceptors (Lipinski definition) is 4. The molecule has 0 aliphatic heterocycles. The molecule has 2 aliphatic rings. The van der Waals surface area contributed by atoms with Crippen molar-refractivity contribution in [2.75, 3.05) is 20.3 Å². The van der Waals surface area contributed by atoms with Gasteiger partial charge in [-0.25, -0.2) is 8.78 Å². The van der Waals surface area contributed by atoms with Gasteiger partial charge in [-0.2, -0.15) is 5.10 Å². The predicted octanol–water partition coefficient (Wildman–Crippen LogP) is 5.82. The predicted molar refractivity (Wildman–Crippen MR) is 127 cm³/mol. The van der Waals surface area contributed by atoms with Gasteiger partial charge in [0.15, 0.2) is 5.69 Å². The summed E-state index contributed by atoms with van der Waals surface area (Å²) in [6, 6.07) is 5.08. The summed E-state index contributed by atoms with van der Waals surface area (Å²) >= 11 is 6.68. The Morgan fingerprint density at radius 1 is 1.29 bits per heavy atom. The van der Waals surface area contributed by atoms with Crippen LogP contribution >= 0.6 is 11.6 Å². The Balaban J connectivity index is 1.50. The van der Waals surface area contributed by atoms with Crippen LogP contribution in [-0.2, 0) is 6.54 Å². The van der Waals surface area contributed by atoms with Gasteiger partial charge in [0.05, 0.1) is 30.4 Å². The molecule has 6 nitrogen and oxygen atoms in total. The van der Waals surface area contributed by atoms with Crippen LogP contribution < -0.4 is 14.8 Å². The monoisotopic (exact) mass is 495 g/mol. The van der Waals surface area contributed by atoms with Crippen LogP contribution in [0.5, 0.6) is 11.5 Å². The summed E-state index contributed by atoms with van der Waals surface area (Å²) in [6.45, 7) is 5.25. The van der Waals surface area contributed by atoms with Crippen LogP contribution in [0, 0.1) is 17.8 Å². The normalized spacial score (nSPS) is 23.4. The smallest absolute Gasteiger partial charge is 0.273 e. The van der Waals surface area contributed by atoms with Crippen LogP contribution in [0.4, 0.5) is 8.78 Å². The maximum atomic E-state index is 13.1. The average Bonchev–Trinajstić information content (AvgIpc) is 3.30. The van der Waals surface area contributed by atoms with Gasteiger partial charge in [0, 0.05) is 31.1 Å². The highest BCUT2D eigenvalue weighted by Gasteiger charge is 2.57. The third kappa shape index (κ3) is 5.32.